The van der Waals surface area contributed by atoms with Gasteiger partial charge in [-0.2, -0.15) is 5.10 Å². The summed E-state index contributed by atoms with van der Waals surface area (Å²) < 4.78 is 1.65. The largest absolute Gasteiger partial charge is 0.345 e. The smallest absolute Gasteiger partial charge is 0.278 e. The fourth-order valence-electron chi connectivity index (χ4n) is 3.66. The van der Waals surface area contributed by atoms with Gasteiger partial charge in [-0.25, -0.2) is 4.98 Å². The highest BCUT2D eigenvalue weighted by Crippen LogP contribution is 2.25. The number of anilines is 1. The Balaban J connectivity index is 1.91. The number of nitrogens with one attached hydrogen (secondary N) is 1. The van der Waals surface area contributed by atoms with Crippen LogP contribution in [0, 0.1) is 5.92 Å². The van der Waals surface area contributed by atoms with Crippen LogP contribution in [0.25, 0.3) is 11.0 Å². The van der Waals surface area contributed by atoms with Crippen molar-refractivity contribution in [2.75, 3.05) is 18.5 Å². The first-order valence-corrected chi connectivity index (χ1v) is 8.77. The summed E-state index contributed by atoms with van der Waals surface area (Å²) >= 11 is 0. The first-order chi connectivity index (χ1) is 11.1. The summed E-state index contributed by atoms with van der Waals surface area (Å²) in [5.74, 6) is 1.37. The van der Waals surface area contributed by atoms with Crippen molar-refractivity contribution in [3.8, 4) is 0 Å². The van der Waals surface area contributed by atoms with Crippen LogP contribution in [-0.2, 0) is 13.5 Å². The van der Waals surface area contributed by atoms with Crippen molar-refractivity contribution < 1.29 is 0 Å². The van der Waals surface area contributed by atoms with Crippen LogP contribution in [0.1, 0.15) is 51.1 Å². The van der Waals surface area contributed by atoms with Crippen LogP contribution in [0.4, 0.5) is 5.95 Å². The Bertz CT molecular complexity index is 726. The molecule has 2 aromatic heterocycles. The zero-order valence-corrected chi connectivity index (χ0v) is 14.4. The van der Waals surface area contributed by atoms with Crippen molar-refractivity contribution in [2.45, 2.75) is 51.9 Å². The summed E-state index contributed by atoms with van der Waals surface area (Å²) in [6.45, 7) is 3.07. The number of aromatic nitrogens is 4. The summed E-state index contributed by atoms with van der Waals surface area (Å²) in [6, 6.07) is 0. The van der Waals surface area contributed by atoms with Gasteiger partial charge in [0.05, 0.1) is 5.69 Å². The normalized spacial score (nSPS) is 16.1. The van der Waals surface area contributed by atoms with E-state index in [4.69, 9.17) is 4.98 Å². The van der Waals surface area contributed by atoms with Gasteiger partial charge < -0.3 is 4.90 Å². The molecular formula is C17H27N5O. The first-order valence-electron chi connectivity index (χ1n) is 8.77. The van der Waals surface area contributed by atoms with Crippen LogP contribution in [-0.4, -0.2) is 33.3 Å². The van der Waals surface area contributed by atoms with Gasteiger partial charge in [0.1, 0.15) is 5.52 Å². The molecule has 1 N–H and O–H groups in total. The monoisotopic (exact) mass is 317 g/mol. The molecule has 6 nitrogen and oxygen atoms in total. The van der Waals surface area contributed by atoms with E-state index in [0.717, 1.165) is 30.6 Å². The number of nitrogens with zero attached hydrogens (tertiary/aromatic N) is 4. The molecule has 0 atom stereocenters. The Morgan fingerprint density at radius 3 is 2.74 bits per heavy atom. The van der Waals surface area contributed by atoms with E-state index in [1.54, 1.807) is 4.68 Å². The number of H-pyrrole nitrogens is 1. The zero-order valence-electron chi connectivity index (χ0n) is 14.4. The molecule has 1 fully saturated rings. The van der Waals surface area contributed by atoms with Gasteiger partial charge >= 0.3 is 0 Å². The van der Waals surface area contributed by atoms with E-state index >= 15 is 0 Å². The molecule has 2 aromatic rings. The molecule has 0 amide bonds. The molecule has 1 saturated carbocycles. The first kappa shape index (κ1) is 16.0. The third-order valence-corrected chi connectivity index (χ3v) is 4.86. The lowest BCUT2D eigenvalue weighted by atomic mass is 9.89. The van der Waals surface area contributed by atoms with Crippen molar-refractivity contribution in [1.82, 2.24) is 19.7 Å². The fourth-order valence-corrected chi connectivity index (χ4v) is 3.66. The minimum Gasteiger partial charge on any atom is -0.345 e. The Kier molecular flexibility index (Phi) is 4.68. The Hall–Kier alpha value is -1.85. The molecular weight excluding hydrogens is 290 g/mol. The number of fused-ring (bicyclic) bond motifs is 1. The molecule has 126 valence electrons. The molecule has 0 saturated heterocycles. The second-order valence-electron chi connectivity index (χ2n) is 6.79. The number of aryl methyl sites for hydroxylation is 2. The van der Waals surface area contributed by atoms with Gasteiger partial charge in [-0.1, -0.05) is 32.6 Å². The van der Waals surface area contributed by atoms with Crippen LogP contribution >= 0.6 is 0 Å². The number of hydrogen-bond acceptors (Lipinski definition) is 4. The van der Waals surface area contributed by atoms with E-state index < -0.39 is 0 Å². The van der Waals surface area contributed by atoms with Gasteiger partial charge in [0.15, 0.2) is 5.52 Å². The number of aromatic amines is 1. The van der Waals surface area contributed by atoms with Gasteiger partial charge in [-0.05, 0) is 25.2 Å². The second-order valence-corrected chi connectivity index (χ2v) is 6.79. The molecule has 1 aliphatic carbocycles. The van der Waals surface area contributed by atoms with E-state index in [2.05, 4.69) is 21.9 Å². The molecule has 0 unspecified atom stereocenters. The summed E-state index contributed by atoms with van der Waals surface area (Å²) in [5, 5.41) is 4.47. The lowest BCUT2D eigenvalue weighted by Crippen LogP contribution is -2.30. The fraction of sp³-hybridized carbons (Fsp3) is 0.706. The number of hydrogen-bond donors (Lipinski definition) is 1. The quantitative estimate of drug-likeness (QED) is 0.920. The van der Waals surface area contributed by atoms with E-state index in [-0.39, 0.29) is 5.56 Å². The highest BCUT2D eigenvalue weighted by Gasteiger charge is 2.19. The standard InChI is InChI=1S/C17H27N5O/c1-4-8-13-14-15(22(3)20-13)16(23)19-17(18-14)21(2)11-12-9-6-5-7-10-12/h12H,4-11H2,1-3H3,(H,18,19,23). The molecule has 0 aromatic carbocycles. The highest BCUT2D eigenvalue weighted by atomic mass is 16.1. The van der Waals surface area contributed by atoms with Crippen molar-refractivity contribution >= 4 is 17.0 Å². The van der Waals surface area contributed by atoms with Gasteiger partial charge in [0, 0.05) is 20.6 Å². The Morgan fingerprint density at radius 1 is 1.30 bits per heavy atom. The maximum atomic E-state index is 12.5. The summed E-state index contributed by atoms with van der Waals surface area (Å²) in [6.07, 6.45) is 8.41. The van der Waals surface area contributed by atoms with Crippen LogP contribution in [0.15, 0.2) is 4.79 Å². The van der Waals surface area contributed by atoms with E-state index in [0.29, 0.717) is 17.4 Å². The Morgan fingerprint density at radius 2 is 2.04 bits per heavy atom. The van der Waals surface area contributed by atoms with Gasteiger partial charge in [0.25, 0.3) is 5.56 Å². The molecule has 0 radical (unpaired) electrons. The Labute approximate surface area is 136 Å². The van der Waals surface area contributed by atoms with Gasteiger partial charge in [-0.15, -0.1) is 0 Å². The average Bonchev–Trinajstić information content (AvgIpc) is 2.85. The molecule has 3 rings (SSSR count). The summed E-state index contributed by atoms with van der Waals surface area (Å²) in [4.78, 5) is 22.2. The van der Waals surface area contributed by atoms with Crippen molar-refractivity contribution in [2.24, 2.45) is 13.0 Å². The maximum absolute atomic E-state index is 12.5. The minimum atomic E-state index is -0.0992. The molecule has 0 aliphatic heterocycles. The van der Waals surface area contributed by atoms with E-state index in [1.165, 1.54) is 32.1 Å². The SMILES string of the molecule is CCCc1nn(C)c2c(=O)[nH]c(N(C)CC3CCCCC3)nc12. The molecule has 0 bridgehead atoms. The van der Waals surface area contributed by atoms with Crippen LogP contribution in [0.3, 0.4) is 0 Å². The third kappa shape index (κ3) is 3.26. The predicted octanol–water partition coefficient (Wildman–Crippen LogP) is 2.63. The van der Waals surface area contributed by atoms with Crippen LogP contribution in [0.2, 0.25) is 0 Å². The number of rotatable bonds is 5. The zero-order chi connectivity index (χ0) is 16.4. The summed E-state index contributed by atoms with van der Waals surface area (Å²) in [7, 11) is 3.83. The van der Waals surface area contributed by atoms with Gasteiger partial charge in [0.2, 0.25) is 5.95 Å². The lowest BCUT2D eigenvalue weighted by Gasteiger charge is -2.27. The average molecular weight is 317 g/mol. The van der Waals surface area contributed by atoms with E-state index in [1.807, 2.05) is 14.1 Å². The van der Waals surface area contributed by atoms with Crippen LogP contribution < -0.4 is 10.5 Å². The summed E-state index contributed by atoms with van der Waals surface area (Å²) in [5.41, 5.74) is 2.15. The van der Waals surface area contributed by atoms with Crippen molar-refractivity contribution in [3.05, 3.63) is 16.0 Å². The maximum Gasteiger partial charge on any atom is 0.278 e. The third-order valence-electron chi connectivity index (χ3n) is 4.86. The molecule has 0 spiro atoms. The highest BCUT2D eigenvalue weighted by molar-refractivity contribution is 5.77. The molecule has 23 heavy (non-hydrogen) atoms. The van der Waals surface area contributed by atoms with Crippen LogP contribution in [0.5, 0.6) is 0 Å². The molecule has 2 heterocycles. The van der Waals surface area contributed by atoms with E-state index in [9.17, 15) is 4.79 Å². The molecule has 1 aliphatic rings. The van der Waals surface area contributed by atoms with Crippen molar-refractivity contribution in [3.63, 3.8) is 0 Å². The van der Waals surface area contributed by atoms with Crippen molar-refractivity contribution in [1.29, 1.82) is 0 Å². The lowest BCUT2D eigenvalue weighted by molar-refractivity contribution is 0.361. The predicted molar refractivity (Wildman–Crippen MR) is 93.0 cm³/mol. The molecule has 6 heteroatoms. The second kappa shape index (κ2) is 6.72. The minimum absolute atomic E-state index is 0.0992. The van der Waals surface area contributed by atoms with Gasteiger partial charge in [-0.3, -0.25) is 14.5 Å². The topological polar surface area (TPSA) is 66.8 Å².